The van der Waals surface area contributed by atoms with Crippen molar-refractivity contribution in [2.45, 2.75) is 25.9 Å². The average molecular weight is 596 g/mol. The Bertz CT molecular complexity index is 2030. The zero-order chi connectivity index (χ0) is 31.0. The third kappa shape index (κ3) is 4.77. The number of fused-ring (bicyclic) bond motifs is 3. The molecule has 0 saturated carbocycles. The summed E-state index contributed by atoms with van der Waals surface area (Å²) in [4.78, 5) is 17.5. The lowest BCUT2D eigenvalue weighted by Crippen LogP contribution is -2.38. The van der Waals surface area contributed by atoms with Gasteiger partial charge in [0.05, 0.1) is 6.04 Å². The predicted octanol–water partition coefficient (Wildman–Crippen LogP) is 9.27. The number of nitrogens with one attached hydrogen (secondary N) is 1. The predicted molar refractivity (Wildman–Crippen MR) is 187 cm³/mol. The van der Waals surface area contributed by atoms with Crippen molar-refractivity contribution in [3.05, 3.63) is 179 Å². The number of hydrogen-bond donors (Lipinski definition) is 1. The molecule has 8 rings (SSSR count). The molecule has 4 aromatic carbocycles. The van der Waals surface area contributed by atoms with Crippen LogP contribution in [0.15, 0.2) is 162 Å². The van der Waals surface area contributed by atoms with Crippen LogP contribution in [-0.2, 0) is 0 Å². The van der Waals surface area contributed by atoms with Gasteiger partial charge < -0.3 is 10.2 Å². The highest BCUT2D eigenvalue weighted by atomic mass is 15.3. The van der Waals surface area contributed by atoms with Crippen molar-refractivity contribution >= 4 is 17.0 Å². The van der Waals surface area contributed by atoms with Gasteiger partial charge in [0.15, 0.2) is 17.5 Å². The van der Waals surface area contributed by atoms with Crippen molar-refractivity contribution in [2.75, 3.05) is 5.32 Å². The Labute approximate surface area is 269 Å². The second-order valence-corrected chi connectivity index (χ2v) is 11.7. The third-order valence-corrected chi connectivity index (χ3v) is 8.88. The fourth-order valence-electron chi connectivity index (χ4n) is 6.69. The Hall–Kier alpha value is -5.81. The molecule has 0 aliphatic carbocycles. The summed E-state index contributed by atoms with van der Waals surface area (Å²) in [5, 5.41) is 3.78. The maximum atomic E-state index is 5.06. The number of allylic oxidation sites excluding steroid dienone is 6. The maximum Gasteiger partial charge on any atom is 0.164 e. The van der Waals surface area contributed by atoms with E-state index in [4.69, 9.17) is 15.0 Å². The Kier molecular flexibility index (Phi) is 6.99. The molecule has 222 valence electrons. The van der Waals surface area contributed by atoms with Gasteiger partial charge in [-0.25, -0.2) is 15.0 Å². The van der Waals surface area contributed by atoms with Crippen LogP contribution >= 0.6 is 0 Å². The largest absolute Gasteiger partial charge is 0.379 e. The number of anilines is 1. The van der Waals surface area contributed by atoms with Crippen LogP contribution in [-0.4, -0.2) is 25.9 Å². The van der Waals surface area contributed by atoms with Crippen molar-refractivity contribution < 1.29 is 0 Å². The van der Waals surface area contributed by atoms with Gasteiger partial charge in [0, 0.05) is 51.0 Å². The summed E-state index contributed by atoms with van der Waals surface area (Å²) in [5.41, 5.74) is 11.6. The number of rotatable bonds is 8. The van der Waals surface area contributed by atoms with Gasteiger partial charge >= 0.3 is 0 Å². The molecule has 5 aromatic rings. The minimum atomic E-state index is 0.00143. The zero-order valence-corrected chi connectivity index (χ0v) is 25.8. The van der Waals surface area contributed by atoms with E-state index in [0.717, 1.165) is 22.4 Å². The highest BCUT2D eigenvalue weighted by Crippen LogP contribution is 2.59. The van der Waals surface area contributed by atoms with E-state index in [9.17, 15) is 0 Å². The first-order chi connectivity index (χ1) is 22.7. The van der Waals surface area contributed by atoms with Crippen LogP contribution in [0, 0.1) is 0 Å². The smallest absolute Gasteiger partial charge is 0.164 e. The SMILES string of the molecule is C/C=C(\C=C(\C1=C2C=CC=C3c4ccccc4C1N32)C(C)Nc1ccccc1)c1nc(-c2ccccc2)nc(-c2ccccc2)n1. The van der Waals surface area contributed by atoms with Gasteiger partial charge in [-0.1, -0.05) is 115 Å². The van der Waals surface area contributed by atoms with E-state index in [-0.39, 0.29) is 12.1 Å². The first-order valence-corrected chi connectivity index (χ1v) is 15.8. The molecule has 3 aliphatic rings. The molecule has 0 radical (unpaired) electrons. The summed E-state index contributed by atoms with van der Waals surface area (Å²) in [6.07, 6.45) is 11.0. The molecule has 0 fully saturated rings. The Balaban J connectivity index is 1.29. The Morgan fingerprint density at radius 1 is 0.761 bits per heavy atom. The standard InChI is InChI=1S/C41H33N5/c1-3-28(39-43-40(29-16-7-4-8-17-29)45-41(44-39)30-18-9-5-10-19-30)26-34(27(2)42-31-20-11-6-12-21-31)37-36-25-15-24-35-32-22-13-14-23-33(32)38(37)46(35)36/h3-27,38,42H,1-2H3/b28-3+,34-26+. The van der Waals surface area contributed by atoms with E-state index in [0.29, 0.717) is 17.5 Å². The van der Waals surface area contributed by atoms with Crippen LogP contribution in [0.5, 0.6) is 0 Å². The number of nitrogens with zero attached hydrogens (tertiary/aromatic N) is 4. The Morgan fingerprint density at radius 2 is 1.37 bits per heavy atom. The molecule has 3 aliphatic heterocycles. The van der Waals surface area contributed by atoms with Gasteiger partial charge in [-0.3, -0.25) is 0 Å². The molecule has 1 aromatic heterocycles. The van der Waals surface area contributed by atoms with Gasteiger partial charge in [-0.15, -0.1) is 0 Å². The molecule has 2 atom stereocenters. The van der Waals surface area contributed by atoms with Crippen LogP contribution < -0.4 is 5.32 Å². The molecule has 0 amide bonds. The van der Waals surface area contributed by atoms with Crippen LogP contribution in [0.3, 0.4) is 0 Å². The monoisotopic (exact) mass is 595 g/mol. The average Bonchev–Trinajstić information content (AvgIpc) is 3.43. The first-order valence-electron chi connectivity index (χ1n) is 15.8. The van der Waals surface area contributed by atoms with Crippen LogP contribution in [0.25, 0.3) is 34.0 Å². The Morgan fingerprint density at radius 3 is 2.02 bits per heavy atom. The lowest BCUT2D eigenvalue weighted by molar-refractivity contribution is 0.368. The molecule has 46 heavy (non-hydrogen) atoms. The molecule has 4 heterocycles. The number of aromatic nitrogens is 3. The minimum Gasteiger partial charge on any atom is -0.379 e. The van der Waals surface area contributed by atoms with E-state index in [1.165, 1.54) is 33.7 Å². The summed E-state index contributed by atoms with van der Waals surface area (Å²) in [6.45, 7) is 4.30. The first kappa shape index (κ1) is 27.7. The third-order valence-electron chi connectivity index (χ3n) is 8.88. The summed E-state index contributed by atoms with van der Waals surface area (Å²) < 4.78 is 0. The van der Waals surface area contributed by atoms with Crippen molar-refractivity contribution in [1.82, 2.24) is 19.9 Å². The van der Waals surface area contributed by atoms with Crippen molar-refractivity contribution in [1.29, 1.82) is 0 Å². The van der Waals surface area contributed by atoms with Crippen molar-refractivity contribution in [3.63, 3.8) is 0 Å². The molecule has 2 unspecified atom stereocenters. The molecule has 0 saturated heterocycles. The molecular weight excluding hydrogens is 562 g/mol. The quantitative estimate of drug-likeness (QED) is 0.181. The van der Waals surface area contributed by atoms with E-state index in [1.54, 1.807) is 0 Å². The van der Waals surface area contributed by atoms with E-state index >= 15 is 0 Å². The van der Waals surface area contributed by atoms with Gasteiger partial charge in [0.1, 0.15) is 0 Å². The molecule has 0 spiro atoms. The lowest BCUT2D eigenvalue weighted by Gasteiger charge is -2.45. The fraction of sp³-hybridized carbons (Fsp3) is 0.0976. The number of benzene rings is 4. The normalized spacial score (nSPS) is 17.2. The second kappa shape index (κ2) is 11.6. The van der Waals surface area contributed by atoms with Gasteiger partial charge in [0.25, 0.3) is 0 Å². The van der Waals surface area contributed by atoms with Crippen LogP contribution in [0.2, 0.25) is 0 Å². The number of hydrogen-bond acceptors (Lipinski definition) is 5. The lowest BCUT2D eigenvalue weighted by atomic mass is 9.81. The van der Waals surface area contributed by atoms with Gasteiger partial charge in [-0.05, 0) is 55.3 Å². The van der Waals surface area contributed by atoms with Crippen molar-refractivity contribution in [2.24, 2.45) is 0 Å². The van der Waals surface area contributed by atoms with E-state index < -0.39 is 0 Å². The summed E-state index contributed by atoms with van der Waals surface area (Å²) in [5.74, 6) is 1.95. The second-order valence-electron chi connectivity index (χ2n) is 11.7. The summed E-state index contributed by atoms with van der Waals surface area (Å²) in [6, 6.07) is 39.6. The maximum absolute atomic E-state index is 5.06. The molecular formula is C41H33N5. The summed E-state index contributed by atoms with van der Waals surface area (Å²) >= 11 is 0. The fourth-order valence-corrected chi connectivity index (χ4v) is 6.69. The van der Waals surface area contributed by atoms with E-state index in [1.807, 2.05) is 66.7 Å². The zero-order valence-electron chi connectivity index (χ0n) is 25.8. The highest BCUT2D eigenvalue weighted by Gasteiger charge is 2.48. The molecule has 1 N–H and O–H groups in total. The van der Waals surface area contributed by atoms with Crippen LogP contribution in [0.1, 0.15) is 36.8 Å². The minimum absolute atomic E-state index is 0.00143. The van der Waals surface area contributed by atoms with Crippen molar-refractivity contribution in [3.8, 4) is 22.8 Å². The van der Waals surface area contributed by atoms with Crippen LogP contribution in [0.4, 0.5) is 5.69 Å². The molecule has 5 nitrogen and oxygen atoms in total. The number of para-hydroxylation sites is 1. The highest BCUT2D eigenvalue weighted by molar-refractivity contribution is 5.84. The topological polar surface area (TPSA) is 53.9 Å². The molecule has 0 bridgehead atoms. The van der Waals surface area contributed by atoms with E-state index in [2.05, 4.69) is 103 Å². The molecule has 5 heteroatoms. The van der Waals surface area contributed by atoms with Gasteiger partial charge in [0.2, 0.25) is 0 Å². The van der Waals surface area contributed by atoms with Gasteiger partial charge in [-0.2, -0.15) is 0 Å². The summed E-state index contributed by atoms with van der Waals surface area (Å²) in [7, 11) is 0.